The van der Waals surface area contributed by atoms with Crippen LogP contribution in [0, 0.1) is 26.7 Å². The summed E-state index contributed by atoms with van der Waals surface area (Å²) in [6.07, 6.45) is 0.508. The Bertz CT molecular complexity index is 422. The van der Waals surface area contributed by atoms with Crippen molar-refractivity contribution in [1.29, 1.82) is 0 Å². The number of phenolic OH excluding ortho intramolecular Hbond substituents is 1. The Hall–Kier alpha value is -1.51. The fourth-order valence-corrected chi connectivity index (χ4v) is 1.82. The van der Waals surface area contributed by atoms with E-state index >= 15 is 0 Å². The molecule has 0 spiro atoms. The molecule has 1 rings (SSSR count). The van der Waals surface area contributed by atoms with Gasteiger partial charge < -0.3 is 10.2 Å². The summed E-state index contributed by atoms with van der Waals surface area (Å²) in [7, 11) is 0. The number of phenols is 1. The van der Waals surface area contributed by atoms with Gasteiger partial charge in [0.25, 0.3) is 0 Å². The smallest absolute Gasteiger partial charge is 0.306 e. The normalized spacial score (nSPS) is 12.5. The fraction of sp³-hybridized carbons (Fsp3) is 0.462. The summed E-state index contributed by atoms with van der Waals surface area (Å²) < 4.78 is 0. The van der Waals surface area contributed by atoms with E-state index in [0.29, 0.717) is 6.42 Å². The molecule has 0 aliphatic heterocycles. The first-order chi connectivity index (χ1) is 7.34. The highest BCUT2D eigenvalue weighted by atomic mass is 16.4. The zero-order chi connectivity index (χ0) is 12.5. The molecule has 1 aromatic carbocycles. The van der Waals surface area contributed by atoms with Crippen LogP contribution in [0.3, 0.4) is 0 Å². The number of carbonyl (C=O) groups is 1. The van der Waals surface area contributed by atoms with Crippen LogP contribution in [0.4, 0.5) is 0 Å². The minimum atomic E-state index is -0.787. The van der Waals surface area contributed by atoms with Gasteiger partial charge in [-0.05, 0) is 55.5 Å². The Kier molecular flexibility index (Phi) is 3.58. The summed E-state index contributed by atoms with van der Waals surface area (Å²) in [5.74, 6) is -0.910. The Balaban J connectivity index is 3.14. The van der Waals surface area contributed by atoms with E-state index in [2.05, 4.69) is 0 Å². The van der Waals surface area contributed by atoms with Crippen LogP contribution in [0.5, 0.6) is 5.75 Å². The van der Waals surface area contributed by atoms with Crippen molar-refractivity contribution in [3.63, 3.8) is 0 Å². The van der Waals surface area contributed by atoms with Crippen molar-refractivity contribution in [2.24, 2.45) is 5.92 Å². The summed E-state index contributed by atoms with van der Waals surface area (Å²) in [5.41, 5.74) is 3.81. The number of aliphatic carboxylic acids is 1. The molecular weight excluding hydrogens is 204 g/mol. The van der Waals surface area contributed by atoms with Crippen LogP contribution in [0.15, 0.2) is 6.07 Å². The van der Waals surface area contributed by atoms with E-state index in [1.54, 1.807) is 13.0 Å². The van der Waals surface area contributed by atoms with Gasteiger partial charge in [0.05, 0.1) is 5.92 Å². The van der Waals surface area contributed by atoms with E-state index < -0.39 is 11.9 Å². The molecule has 0 aromatic heterocycles. The lowest BCUT2D eigenvalue weighted by Crippen LogP contribution is -2.14. The highest BCUT2D eigenvalue weighted by molar-refractivity contribution is 5.70. The van der Waals surface area contributed by atoms with Crippen molar-refractivity contribution in [1.82, 2.24) is 0 Å². The molecule has 0 saturated heterocycles. The average Bonchev–Trinajstić information content (AvgIpc) is 2.20. The third-order valence-corrected chi connectivity index (χ3v) is 3.16. The maximum absolute atomic E-state index is 10.8. The van der Waals surface area contributed by atoms with Gasteiger partial charge in [0.2, 0.25) is 0 Å². The Morgan fingerprint density at radius 3 is 2.38 bits per heavy atom. The van der Waals surface area contributed by atoms with Crippen LogP contribution in [0.25, 0.3) is 0 Å². The number of rotatable bonds is 3. The monoisotopic (exact) mass is 222 g/mol. The number of benzene rings is 1. The SMILES string of the molecule is Cc1cc(O)c(C)c(C)c1CC(C)C(=O)O. The molecule has 1 aromatic rings. The molecular formula is C13H18O3. The van der Waals surface area contributed by atoms with Gasteiger partial charge >= 0.3 is 5.97 Å². The standard InChI is InChI=1S/C13H18O3/c1-7-6-12(14)10(4)9(3)11(7)5-8(2)13(15)16/h6,8,14H,5H2,1-4H3,(H,15,16). The van der Waals surface area contributed by atoms with Crippen molar-refractivity contribution in [3.8, 4) is 5.75 Å². The largest absolute Gasteiger partial charge is 0.508 e. The third-order valence-electron chi connectivity index (χ3n) is 3.16. The molecule has 88 valence electrons. The second-order valence-corrected chi connectivity index (χ2v) is 4.38. The summed E-state index contributed by atoms with van der Waals surface area (Å²) >= 11 is 0. The maximum atomic E-state index is 10.8. The Morgan fingerprint density at radius 1 is 1.31 bits per heavy atom. The van der Waals surface area contributed by atoms with Crippen LogP contribution in [0.2, 0.25) is 0 Å². The van der Waals surface area contributed by atoms with Gasteiger partial charge in [0.1, 0.15) is 5.75 Å². The van der Waals surface area contributed by atoms with Gasteiger partial charge in [-0.2, -0.15) is 0 Å². The molecule has 1 atom stereocenters. The first kappa shape index (κ1) is 12.6. The number of carboxylic acids is 1. The molecule has 0 fully saturated rings. The third kappa shape index (κ3) is 2.35. The van der Waals surface area contributed by atoms with Crippen molar-refractivity contribution in [2.75, 3.05) is 0 Å². The molecule has 0 aliphatic rings. The van der Waals surface area contributed by atoms with E-state index in [1.807, 2.05) is 20.8 Å². The predicted octanol–water partition coefficient (Wildman–Crippen LogP) is 2.58. The number of carboxylic acid groups (broad SMARTS) is 1. The average molecular weight is 222 g/mol. The zero-order valence-corrected chi connectivity index (χ0v) is 10.2. The summed E-state index contributed by atoms with van der Waals surface area (Å²) in [6, 6.07) is 1.70. The molecule has 16 heavy (non-hydrogen) atoms. The van der Waals surface area contributed by atoms with Gasteiger partial charge in [0, 0.05) is 0 Å². The highest BCUT2D eigenvalue weighted by Crippen LogP contribution is 2.28. The Labute approximate surface area is 95.7 Å². The summed E-state index contributed by atoms with van der Waals surface area (Å²) in [5, 5.41) is 18.5. The van der Waals surface area contributed by atoms with E-state index in [9.17, 15) is 9.90 Å². The maximum Gasteiger partial charge on any atom is 0.306 e. The molecule has 0 bridgehead atoms. The van der Waals surface area contributed by atoms with E-state index in [1.165, 1.54) is 0 Å². The lowest BCUT2D eigenvalue weighted by atomic mass is 9.91. The molecule has 3 nitrogen and oxygen atoms in total. The predicted molar refractivity (Wildman–Crippen MR) is 62.8 cm³/mol. The number of aryl methyl sites for hydroxylation is 1. The first-order valence-electron chi connectivity index (χ1n) is 5.36. The van der Waals surface area contributed by atoms with Crippen molar-refractivity contribution >= 4 is 5.97 Å². The van der Waals surface area contributed by atoms with Crippen molar-refractivity contribution in [3.05, 3.63) is 28.3 Å². The van der Waals surface area contributed by atoms with E-state index in [0.717, 1.165) is 22.3 Å². The van der Waals surface area contributed by atoms with Gasteiger partial charge in [-0.15, -0.1) is 0 Å². The lowest BCUT2D eigenvalue weighted by molar-refractivity contribution is -0.141. The van der Waals surface area contributed by atoms with Gasteiger partial charge in [-0.3, -0.25) is 4.79 Å². The molecule has 3 heteroatoms. The van der Waals surface area contributed by atoms with Crippen LogP contribution in [0.1, 0.15) is 29.2 Å². The Morgan fingerprint density at radius 2 is 1.88 bits per heavy atom. The van der Waals surface area contributed by atoms with Gasteiger partial charge in [-0.25, -0.2) is 0 Å². The molecule has 0 heterocycles. The second kappa shape index (κ2) is 4.56. The molecule has 0 saturated carbocycles. The van der Waals surface area contributed by atoms with Crippen LogP contribution in [-0.4, -0.2) is 16.2 Å². The number of hydrogen-bond acceptors (Lipinski definition) is 2. The second-order valence-electron chi connectivity index (χ2n) is 4.38. The number of hydrogen-bond donors (Lipinski definition) is 2. The quantitative estimate of drug-likeness (QED) is 0.826. The fourth-order valence-electron chi connectivity index (χ4n) is 1.82. The van der Waals surface area contributed by atoms with Crippen LogP contribution in [-0.2, 0) is 11.2 Å². The van der Waals surface area contributed by atoms with Crippen LogP contribution >= 0.6 is 0 Å². The first-order valence-corrected chi connectivity index (χ1v) is 5.36. The van der Waals surface area contributed by atoms with Gasteiger partial charge in [-0.1, -0.05) is 6.92 Å². The molecule has 2 N–H and O–H groups in total. The van der Waals surface area contributed by atoms with E-state index in [4.69, 9.17) is 5.11 Å². The summed E-state index contributed by atoms with van der Waals surface area (Å²) in [4.78, 5) is 10.8. The van der Waals surface area contributed by atoms with Crippen LogP contribution < -0.4 is 0 Å². The molecule has 0 aliphatic carbocycles. The topological polar surface area (TPSA) is 57.5 Å². The highest BCUT2D eigenvalue weighted by Gasteiger charge is 2.16. The minimum absolute atomic E-state index is 0.279. The summed E-state index contributed by atoms with van der Waals surface area (Å²) in [6.45, 7) is 7.37. The van der Waals surface area contributed by atoms with E-state index in [-0.39, 0.29) is 5.75 Å². The molecule has 1 unspecified atom stereocenters. The van der Waals surface area contributed by atoms with Crippen molar-refractivity contribution < 1.29 is 15.0 Å². The van der Waals surface area contributed by atoms with Gasteiger partial charge in [0.15, 0.2) is 0 Å². The van der Waals surface area contributed by atoms with Crippen molar-refractivity contribution in [2.45, 2.75) is 34.1 Å². The molecule has 0 amide bonds. The minimum Gasteiger partial charge on any atom is -0.508 e. The zero-order valence-electron chi connectivity index (χ0n) is 10.2. The molecule has 0 radical (unpaired) electrons. The number of aromatic hydroxyl groups is 1. The lowest BCUT2D eigenvalue weighted by Gasteiger charge is -2.15.